The molecule has 20 heavy (non-hydrogen) atoms. The summed E-state index contributed by atoms with van der Waals surface area (Å²) < 4.78 is 0. The highest BCUT2D eigenvalue weighted by Crippen LogP contribution is 2.16. The van der Waals surface area contributed by atoms with Gasteiger partial charge in [0.2, 0.25) is 0 Å². The number of carbonyl (C=O) groups excluding carboxylic acids is 1. The lowest BCUT2D eigenvalue weighted by molar-refractivity contribution is 0.0681. The van der Waals surface area contributed by atoms with Crippen LogP contribution in [0.2, 0.25) is 0 Å². The number of aromatic nitrogens is 1. The molecule has 1 N–H and O–H groups in total. The van der Waals surface area contributed by atoms with Crippen LogP contribution in [0.1, 0.15) is 10.4 Å². The molecule has 6 heteroatoms. The van der Waals surface area contributed by atoms with Gasteiger partial charge in [-0.3, -0.25) is 9.78 Å². The lowest BCUT2D eigenvalue weighted by Crippen LogP contribution is -2.57. The van der Waals surface area contributed by atoms with E-state index in [9.17, 15) is 4.79 Å². The minimum atomic E-state index is 0. The zero-order valence-electron chi connectivity index (χ0n) is 11.1. The number of fused-ring (bicyclic) bond motifs is 1. The van der Waals surface area contributed by atoms with Crippen LogP contribution in [0.15, 0.2) is 36.5 Å². The van der Waals surface area contributed by atoms with Gasteiger partial charge in [0, 0.05) is 37.3 Å². The minimum absolute atomic E-state index is 0. The molecular formula is C14H17Cl2N3O. The fourth-order valence-electron chi connectivity index (χ4n) is 2.13. The fourth-order valence-corrected chi connectivity index (χ4v) is 2.13. The lowest BCUT2D eigenvalue weighted by Gasteiger charge is -2.35. The Morgan fingerprint density at radius 2 is 2.05 bits per heavy atom. The summed E-state index contributed by atoms with van der Waals surface area (Å²) in [6.45, 7) is 1.77. The molecule has 3 rings (SSSR count). The Morgan fingerprint density at radius 1 is 1.30 bits per heavy atom. The molecule has 2 aromatic rings. The highest BCUT2D eigenvalue weighted by molar-refractivity contribution is 5.98. The van der Waals surface area contributed by atoms with Gasteiger partial charge in [-0.1, -0.05) is 6.07 Å². The van der Waals surface area contributed by atoms with Crippen molar-refractivity contribution in [1.82, 2.24) is 15.2 Å². The molecule has 0 atom stereocenters. The molecule has 0 bridgehead atoms. The summed E-state index contributed by atoms with van der Waals surface area (Å²) in [7, 11) is 1.86. The smallest absolute Gasteiger partial charge is 0.253 e. The van der Waals surface area contributed by atoms with Gasteiger partial charge >= 0.3 is 0 Å². The van der Waals surface area contributed by atoms with Crippen LogP contribution in [0.4, 0.5) is 0 Å². The number of hydrogen-bond acceptors (Lipinski definition) is 3. The molecule has 4 nitrogen and oxygen atoms in total. The molecule has 1 saturated heterocycles. The Hall–Kier alpha value is -1.36. The van der Waals surface area contributed by atoms with Crippen LogP contribution in [-0.4, -0.2) is 42.0 Å². The van der Waals surface area contributed by atoms with Crippen LogP contribution in [0.3, 0.4) is 0 Å². The number of hydrogen-bond donors (Lipinski definition) is 1. The van der Waals surface area contributed by atoms with Crippen molar-refractivity contribution in [3.63, 3.8) is 0 Å². The van der Waals surface area contributed by atoms with Gasteiger partial charge < -0.3 is 10.2 Å². The summed E-state index contributed by atoms with van der Waals surface area (Å²) in [5.74, 6) is 0.0762. The van der Waals surface area contributed by atoms with Crippen molar-refractivity contribution in [3.05, 3.63) is 42.1 Å². The highest BCUT2D eigenvalue weighted by atomic mass is 35.5. The zero-order chi connectivity index (χ0) is 12.5. The summed E-state index contributed by atoms with van der Waals surface area (Å²) in [5, 5.41) is 4.18. The van der Waals surface area contributed by atoms with E-state index in [0.29, 0.717) is 6.04 Å². The molecule has 1 aliphatic rings. The van der Waals surface area contributed by atoms with Crippen molar-refractivity contribution in [3.8, 4) is 0 Å². The van der Waals surface area contributed by atoms with Crippen LogP contribution < -0.4 is 5.32 Å². The van der Waals surface area contributed by atoms with Crippen LogP contribution >= 0.6 is 24.8 Å². The van der Waals surface area contributed by atoms with Crippen molar-refractivity contribution in [2.24, 2.45) is 0 Å². The maximum atomic E-state index is 12.3. The van der Waals surface area contributed by atoms with Gasteiger partial charge in [0.1, 0.15) is 0 Å². The molecule has 2 heterocycles. The van der Waals surface area contributed by atoms with E-state index >= 15 is 0 Å². The van der Waals surface area contributed by atoms with Gasteiger partial charge in [-0.15, -0.1) is 24.8 Å². The summed E-state index contributed by atoms with van der Waals surface area (Å²) in [5.41, 5.74) is 1.65. The topological polar surface area (TPSA) is 45.2 Å². The predicted octanol–water partition coefficient (Wildman–Crippen LogP) is 2.12. The number of nitrogens with one attached hydrogen (secondary N) is 1. The molecule has 0 saturated carbocycles. The second-order valence-electron chi connectivity index (χ2n) is 4.64. The maximum Gasteiger partial charge on any atom is 0.253 e. The largest absolute Gasteiger partial charge is 0.336 e. The first-order valence-electron chi connectivity index (χ1n) is 6.08. The van der Waals surface area contributed by atoms with Gasteiger partial charge in [0.25, 0.3) is 5.91 Å². The number of carbonyl (C=O) groups is 1. The Labute approximate surface area is 130 Å². The first-order valence-corrected chi connectivity index (χ1v) is 6.08. The molecule has 0 unspecified atom stereocenters. The van der Waals surface area contributed by atoms with Gasteiger partial charge in [0.05, 0.1) is 11.6 Å². The van der Waals surface area contributed by atoms with E-state index in [1.807, 2.05) is 42.3 Å². The second-order valence-corrected chi connectivity index (χ2v) is 4.64. The molecule has 0 radical (unpaired) electrons. The predicted molar refractivity (Wildman–Crippen MR) is 85.0 cm³/mol. The number of amides is 1. The van der Waals surface area contributed by atoms with Crippen molar-refractivity contribution < 1.29 is 4.79 Å². The van der Waals surface area contributed by atoms with E-state index in [4.69, 9.17) is 0 Å². The number of halogens is 2. The van der Waals surface area contributed by atoms with Crippen molar-refractivity contribution >= 4 is 41.6 Å². The third kappa shape index (κ3) is 3.03. The van der Waals surface area contributed by atoms with E-state index in [0.717, 1.165) is 29.6 Å². The van der Waals surface area contributed by atoms with E-state index in [2.05, 4.69) is 10.3 Å². The van der Waals surface area contributed by atoms with Crippen molar-refractivity contribution in [1.29, 1.82) is 0 Å². The SMILES string of the molecule is CN(C(=O)c1ccc2ncccc2c1)C1CNC1.Cl.Cl. The van der Waals surface area contributed by atoms with Gasteiger partial charge in [-0.25, -0.2) is 0 Å². The summed E-state index contributed by atoms with van der Waals surface area (Å²) in [6.07, 6.45) is 1.76. The molecule has 1 aromatic heterocycles. The van der Waals surface area contributed by atoms with Gasteiger partial charge in [-0.05, 0) is 24.3 Å². The van der Waals surface area contributed by atoms with Crippen molar-refractivity contribution in [2.45, 2.75) is 6.04 Å². The first kappa shape index (κ1) is 16.7. The number of likely N-dealkylation sites (N-methyl/N-ethyl adjacent to an activating group) is 1. The maximum absolute atomic E-state index is 12.3. The molecular weight excluding hydrogens is 297 g/mol. The molecule has 1 aliphatic heterocycles. The third-order valence-electron chi connectivity index (χ3n) is 3.48. The lowest BCUT2D eigenvalue weighted by atomic mass is 10.1. The summed E-state index contributed by atoms with van der Waals surface area (Å²) >= 11 is 0. The van der Waals surface area contributed by atoms with E-state index in [-0.39, 0.29) is 30.7 Å². The Bertz CT molecular complexity index is 602. The summed E-state index contributed by atoms with van der Waals surface area (Å²) in [6, 6.07) is 9.84. The Balaban J connectivity index is 0.000001000. The average Bonchev–Trinajstić information content (AvgIpc) is 2.35. The Morgan fingerprint density at radius 3 is 2.70 bits per heavy atom. The van der Waals surface area contributed by atoms with Gasteiger partial charge in [0.15, 0.2) is 0 Å². The monoisotopic (exact) mass is 313 g/mol. The van der Waals surface area contributed by atoms with Crippen LogP contribution in [0.25, 0.3) is 10.9 Å². The normalized spacial score (nSPS) is 13.8. The second kappa shape index (κ2) is 6.88. The quantitative estimate of drug-likeness (QED) is 0.923. The van der Waals surface area contributed by atoms with Crippen molar-refractivity contribution in [2.75, 3.05) is 20.1 Å². The molecule has 0 spiro atoms. The number of benzene rings is 1. The average molecular weight is 314 g/mol. The van der Waals surface area contributed by atoms with Crippen LogP contribution in [0.5, 0.6) is 0 Å². The van der Waals surface area contributed by atoms with Crippen LogP contribution in [0, 0.1) is 0 Å². The van der Waals surface area contributed by atoms with Crippen LogP contribution in [-0.2, 0) is 0 Å². The number of nitrogens with zero attached hydrogens (tertiary/aromatic N) is 2. The molecule has 108 valence electrons. The molecule has 1 aromatic carbocycles. The number of rotatable bonds is 2. The molecule has 1 fully saturated rings. The Kier molecular flexibility index (Phi) is 5.74. The van der Waals surface area contributed by atoms with E-state index in [1.165, 1.54) is 0 Å². The van der Waals surface area contributed by atoms with E-state index in [1.54, 1.807) is 6.20 Å². The molecule has 0 aliphatic carbocycles. The third-order valence-corrected chi connectivity index (χ3v) is 3.48. The first-order chi connectivity index (χ1) is 8.75. The fraction of sp³-hybridized carbons (Fsp3) is 0.286. The zero-order valence-corrected chi connectivity index (χ0v) is 12.7. The summed E-state index contributed by atoms with van der Waals surface area (Å²) in [4.78, 5) is 18.4. The highest BCUT2D eigenvalue weighted by Gasteiger charge is 2.25. The number of pyridine rings is 1. The standard InChI is InChI=1S/C14H15N3O.2ClH/c1-17(12-8-15-9-12)14(18)11-4-5-13-10(7-11)3-2-6-16-13;;/h2-7,12,15H,8-9H2,1H3;2*1H. The minimum Gasteiger partial charge on any atom is -0.336 e. The van der Waals surface area contributed by atoms with E-state index < -0.39 is 0 Å². The molecule has 1 amide bonds. The van der Waals surface area contributed by atoms with Gasteiger partial charge in [-0.2, -0.15) is 0 Å².